The van der Waals surface area contributed by atoms with Gasteiger partial charge in [-0.05, 0) is 67.4 Å². The highest BCUT2D eigenvalue weighted by molar-refractivity contribution is 6.35. The third kappa shape index (κ3) is 7.86. The molecule has 1 amide bonds. The highest BCUT2D eigenvalue weighted by Gasteiger charge is 2.40. The van der Waals surface area contributed by atoms with Crippen LogP contribution in [-0.2, 0) is 20.1 Å². The predicted molar refractivity (Wildman–Crippen MR) is 174 cm³/mol. The predicted octanol–water partition coefficient (Wildman–Crippen LogP) is 6.57. The van der Waals surface area contributed by atoms with E-state index in [2.05, 4.69) is 29.0 Å². The Morgan fingerprint density at radius 3 is 2.39 bits per heavy atom. The maximum Gasteiger partial charge on any atom is 0.241 e. The van der Waals surface area contributed by atoms with Gasteiger partial charge in [0.15, 0.2) is 5.79 Å². The van der Waals surface area contributed by atoms with E-state index in [-0.39, 0.29) is 17.9 Å². The second-order valence-corrected chi connectivity index (χ2v) is 11.8. The van der Waals surface area contributed by atoms with Crippen molar-refractivity contribution in [2.75, 3.05) is 50.9 Å². The van der Waals surface area contributed by atoms with Gasteiger partial charge in [-0.1, -0.05) is 61.0 Å². The number of carbonyl (C=O) groups excluding carboxylic acids is 1. The molecule has 2 aliphatic rings. The number of benzene rings is 3. The molecule has 0 spiro atoms. The third-order valence-corrected chi connectivity index (χ3v) is 8.47. The van der Waals surface area contributed by atoms with Gasteiger partial charge in [0, 0.05) is 42.5 Å². The molecule has 2 saturated heterocycles. The van der Waals surface area contributed by atoms with E-state index in [9.17, 15) is 4.79 Å². The van der Waals surface area contributed by atoms with Gasteiger partial charge in [0.1, 0.15) is 30.8 Å². The standard InChI is InChI=1S/C34H39Cl2N3O5/c1-4-20-41-27-11-6-24(7-12-27)30(5-2)33(40)37-39-18-16-38(17-19-39)26-9-13-28(14-10-26)42-22-29-23-43-34(3,44-29)31-15-8-25(35)21-32(31)36/h4,6-15,21,29-30H,1,5,16-20,22-23H2,2-3H3,(H,37,40)/t29-,30?,34+/m1/s1. The number of nitrogens with one attached hydrogen (secondary N) is 1. The Balaban J connectivity index is 1.06. The summed E-state index contributed by atoms with van der Waals surface area (Å²) in [6, 6.07) is 21.0. The molecule has 0 aliphatic carbocycles. The highest BCUT2D eigenvalue weighted by Crippen LogP contribution is 2.38. The normalized spacial score (nSPS) is 21.1. The van der Waals surface area contributed by atoms with E-state index in [1.165, 1.54) is 0 Å². The fourth-order valence-electron chi connectivity index (χ4n) is 5.50. The van der Waals surface area contributed by atoms with Crippen LogP contribution in [-0.4, -0.2) is 63.0 Å². The van der Waals surface area contributed by atoms with Gasteiger partial charge in [-0.2, -0.15) is 0 Å². The molecule has 234 valence electrons. The number of carbonyl (C=O) groups is 1. The number of piperazine rings is 1. The molecule has 2 aliphatic heterocycles. The Labute approximate surface area is 269 Å². The van der Waals surface area contributed by atoms with Gasteiger partial charge in [-0.25, -0.2) is 5.01 Å². The van der Waals surface area contributed by atoms with Gasteiger partial charge in [-0.3, -0.25) is 10.2 Å². The van der Waals surface area contributed by atoms with Crippen LogP contribution in [0.3, 0.4) is 0 Å². The first-order valence-electron chi connectivity index (χ1n) is 14.9. The molecule has 0 bridgehead atoms. The van der Waals surface area contributed by atoms with Crippen molar-refractivity contribution in [3.8, 4) is 11.5 Å². The second-order valence-electron chi connectivity index (χ2n) is 11.0. The number of amides is 1. The lowest BCUT2D eigenvalue weighted by atomic mass is 9.96. The van der Waals surface area contributed by atoms with Gasteiger partial charge in [0.05, 0.1) is 17.5 Å². The number of ether oxygens (including phenoxy) is 4. The maximum absolute atomic E-state index is 13.1. The number of anilines is 1. The number of hydrogen-bond donors (Lipinski definition) is 1. The van der Waals surface area contributed by atoms with Crippen LogP contribution in [0.4, 0.5) is 5.69 Å². The Morgan fingerprint density at radius 1 is 1.05 bits per heavy atom. The fraction of sp³-hybridized carbons (Fsp3) is 0.382. The number of rotatable bonds is 12. The molecule has 5 rings (SSSR count). The summed E-state index contributed by atoms with van der Waals surface area (Å²) in [6.45, 7) is 11.8. The van der Waals surface area contributed by atoms with Gasteiger partial charge in [0.2, 0.25) is 5.91 Å². The molecule has 0 aromatic heterocycles. The summed E-state index contributed by atoms with van der Waals surface area (Å²) in [5, 5.41) is 3.07. The van der Waals surface area contributed by atoms with Crippen molar-refractivity contribution in [2.24, 2.45) is 0 Å². The van der Waals surface area contributed by atoms with E-state index in [1.807, 2.05) is 61.3 Å². The first-order valence-corrected chi connectivity index (χ1v) is 15.7. The van der Waals surface area contributed by atoms with Gasteiger partial charge >= 0.3 is 0 Å². The minimum atomic E-state index is -0.954. The lowest BCUT2D eigenvalue weighted by Crippen LogP contribution is -2.54. The van der Waals surface area contributed by atoms with Crippen LogP contribution in [0.25, 0.3) is 0 Å². The van der Waals surface area contributed by atoms with Crippen molar-refractivity contribution in [1.82, 2.24) is 10.4 Å². The van der Waals surface area contributed by atoms with Crippen molar-refractivity contribution < 1.29 is 23.7 Å². The van der Waals surface area contributed by atoms with Crippen LogP contribution in [0.5, 0.6) is 11.5 Å². The van der Waals surface area contributed by atoms with E-state index in [0.29, 0.717) is 36.3 Å². The molecule has 1 unspecified atom stereocenters. The smallest absolute Gasteiger partial charge is 0.241 e. The number of hydrogen-bond acceptors (Lipinski definition) is 7. The summed E-state index contributed by atoms with van der Waals surface area (Å²) >= 11 is 12.4. The largest absolute Gasteiger partial charge is 0.491 e. The lowest BCUT2D eigenvalue weighted by Gasteiger charge is -2.36. The second kappa shape index (κ2) is 14.7. The van der Waals surface area contributed by atoms with Crippen LogP contribution in [0, 0.1) is 0 Å². The highest BCUT2D eigenvalue weighted by atomic mass is 35.5. The molecule has 2 fully saturated rings. The fourth-order valence-corrected chi connectivity index (χ4v) is 6.08. The van der Waals surface area contributed by atoms with Crippen LogP contribution in [0.2, 0.25) is 10.0 Å². The summed E-state index contributed by atoms with van der Waals surface area (Å²) in [7, 11) is 0. The van der Waals surface area contributed by atoms with Crippen molar-refractivity contribution >= 4 is 34.8 Å². The molecule has 0 radical (unpaired) electrons. The van der Waals surface area contributed by atoms with Crippen LogP contribution in [0.1, 0.15) is 37.3 Å². The number of halogens is 2. The summed E-state index contributed by atoms with van der Waals surface area (Å²) < 4.78 is 23.7. The van der Waals surface area contributed by atoms with Crippen molar-refractivity contribution in [3.63, 3.8) is 0 Å². The minimum Gasteiger partial charge on any atom is -0.491 e. The molecule has 10 heteroatoms. The average molecular weight is 641 g/mol. The molecule has 3 aromatic carbocycles. The minimum absolute atomic E-state index is 0.00966. The summed E-state index contributed by atoms with van der Waals surface area (Å²) in [5.74, 6) is 0.354. The number of nitrogens with zero attached hydrogens (tertiary/aromatic N) is 2. The van der Waals surface area contributed by atoms with Crippen molar-refractivity contribution in [3.05, 3.63) is 101 Å². The van der Waals surface area contributed by atoms with E-state index >= 15 is 0 Å². The van der Waals surface area contributed by atoms with Gasteiger partial charge in [-0.15, -0.1) is 0 Å². The van der Waals surface area contributed by atoms with Crippen LogP contribution >= 0.6 is 23.2 Å². The van der Waals surface area contributed by atoms with Gasteiger partial charge < -0.3 is 23.8 Å². The van der Waals surface area contributed by atoms with E-state index in [4.69, 9.17) is 42.1 Å². The zero-order chi connectivity index (χ0) is 31.1. The molecular weight excluding hydrogens is 601 g/mol. The van der Waals surface area contributed by atoms with Crippen molar-refractivity contribution in [2.45, 2.75) is 38.1 Å². The third-order valence-electron chi connectivity index (χ3n) is 7.92. The first kappa shape index (κ1) is 32.1. The van der Waals surface area contributed by atoms with E-state index in [1.54, 1.807) is 18.2 Å². The Bertz CT molecular complexity index is 1410. The first-order chi connectivity index (χ1) is 21.3. The molecule has 44 heavy (non-hydrogen) atoms. The van der Waals surface area contributed by atoms with Crippen LogP contribution < -0.4 is 19.8 Å². The summed E-state index contributed by atoms with van der Waals surface area (Å²) in [4.78, 5) is 15.4. The molecule has 1 N–H and O–H groups in total. The molecule has 3 atom stereocenters. The topological polar surface area (TPSA) is 72.5 Å². The van der Waals surface area contributed by atoms with Crippen molar-refractivity contribution in [1.29, 1.82) is 0 Å². The molecule has 3 aromatic rings. The van der Waals surface area contributed by atoms with Gasteiger partial charge in [0.25, 0.3) is 0 Å². The lowest BCUT2D eigenvalue weighted by molar-refractivity contribution is -0.164. The zero-order valence-corrected chi connectivity index (χ0v) is 26.7. The average Bonchev–Trinajstić information content (AvgIpc) is 3.42. The Morgan fingerprint density at radius 2 is 1.73 bits per heavy atom. The van der Waals surface area contributed by atoms with E-state index < -0.39 is 5.79 Å². The Kier molecular flexibility index (Phi) is 10.7. The molecule has 8 nitrogen and oxygen atoms in total. The number of hydrazine groups is 1. The summed E-state index contributed by atoms with van der Waals surface area (Å²) in [6.07, 6.45) is 2.18. The maximum atomic E-state index is 13.1. The van der Waals surface area contributed by atoms with E-state index in [0.717, 1.165) is 54.5 Å². The molecule has 0 saturated carbocycles. The molecule has 2 heterocycles. The SMILES string of the molecule is C=CCOc1ccc(C(CC)C(=O)NN2CCN(c3ccc(OC[C@@H]4CO[C@](C)(c5ccc(Cl)cc5Cl)O4)cc3)CC2)cc1. The Hall–Kier alpha value is -3.27. The monoisotopic (exact) mass is 639 g/mol. The quantitative estimate of drug-likeness (QED) is 0.225. The van der Waals surface area contributed by atoms with Crippen LogP contribution in [0.15, 0.2) is 79.4 Å². The zero-order valence-electron chi connectivity index (χ0n) is 25.1. The summed E-state index contributed by atoms with van der Waals surface area (Å²) in [5.41, 5.74) is 5.95. The molecular formula is C34H39Cl2N3O5.